The Bertz CT molecular complexity index is 3340. The van der Waals surface area contributed by atoms with E-state index in [1.54, 1.807) is 0 Å². The number of nitrogens with one attached hydrogen (secondary N) is 3. The number of fused-ring (bicyclic) bond motifs is 2. The van der Waals surface area contributed by atoms with Gasteiger partial charge in [-0.3, -0.25) is 42.3 Å². The van der Waals surface area contributed by atoms with E-state index in [1.807, 2.05) is 9.71 Å². The highest BCUT2D eigenvalue weighted by Gasteiger charge is 2.53. The summed E-state index contributed by atoms with van der Waals surface area (Å²) in [5.74, 6) is -1.40. The normalized spacial score (nSPS) is 30.0. The van der Waals surface area contributed by atoms with Crippen LogP contribution in [-0.2, 0) is 76.6 Å². The quantitative estimate of drug-likeness (QED) is 0.0242. The fraction of sp³-hybridized carbons (Fsp3) is 0.576. The lowest BCUT2D eigenvalue weighted by molar-refractivity contribution is -0.745. The fourth-order valence-corrected chi connectivity index (χ4v) is 12.8. The molecule has 37 nitrogen and oxygen atoms in total. The number of rotatable bonds is 21. The Morgan fingerprint density at radius 1 is 0.838 bits per heavy atom. The second kappa shape index (κ2) is 21.3. The van der Waals surface area contributed by atoms with Crippen molar-refractivity contribution in [3.63, 3.8) is 0 Å². The van der Waals surface area contributed by atoms with E-state index in [2.05, 4.69) is 33.5 Å². The maximum Gasteiger partial charge on any atom is 0.490 e. The number of ether oxygens (including phenoxy) is 5. The van der Waals surface area contributed by atoms with Gasteiger partial charge in [-0.1, -0.05) is 4.98 Å². The van der Waals surface area contributed by atoms with Crippen molar-refractivity contribution < 1.29 is 102 Å². The van der Waals surface area contributed by atoms with Crippen molar-refractivity contribution in [2.75, 3.05) is 52.1 Å². The van der Waals surface area contributed by atoms with Crippen LogP contribution in [0.3, 0.4) is 0 Å². The van der Waals surface area contributed by atoms with Crippen molar-refractivity contribution >= 4 is 67.9 Å². The lowest BCUT2D eigenvalue weighted by Gasteiger charge is -2.24. The predicted molar refractivity (Wildman–Crippen MR) is 238 cm³/mol. The number of aliphatic hydroxyl groups is 3. The van der Waals surface area contributed by atoms with E-state index < -0.39 is 144 Å². The number of anilines is 2. The SMILES string of the molecule is COC[C@@H]1[C@@H](COP(=O)(O)OP(=O)(O)OP(=O)(O)OCC2O[C@@H](n3cnc4c(N)ncnc43)[C@H](OC)[C@@H]2OS(=O)(=O)NC[C@H]2O[C@@H](n3ccc(=O)[nH]c3=O)[C@H](O)[C@@H]2O)OC([n+]2cn(C)c3c(=O)[nH]c(N)nc32)[C@@H]1O. The van der Waals surface area contributed by atoms with Crippen LogP contribution in [0.4, 0.5) is 11.8 Å². The van der Waals surface area contributed by atoms with Crippen LogP contribution in [-0.4, -0.2) is 171 Å². The first-order valence-corrected chi connectivity index (χ1v) is 27.0. The third kappa shape index (κ3) is 11.6. The van der Waals surface area contributed by atoms with E-state index in [4.69, 9.17) is 48.4 Å². The number of hydrogen-bond acceptors (Lipinski definition) is 27. The summed E-state index contributed by atoms with van der Waals surface area (Å²) >= 11 is 0. The largest absolute Gasteiger partial charge is 0.490 e. The lowest BCUT2D eigenvalue weighted by Crippen LogP contribution is -2.45. The maximum atomic E-state index is 13.5. The van der Waals surface area contributed by atoms with Gasteiger partial charge in [0.2, 0.25) is 11.7 Å². The van der Waals surface area contributed by atoms with E-state index in [1.165, 1.54) is 34.2 Å². The summed E-state index contributed by atoms with van der Waals surface area (Å²) in [5, 5.41) is 32.5. The van der Waals surface area contributed by atoms with Gasteiger partial charge in [-0.15, -0.1) is 0 Å². The van der Waals surface area contributed by atoms with Crippen LogP contribution in [0.2, 0.25) is 0 Å². The Kier molecular flexibility index (Phi) is 15.9. The first-order valence-electron chi connectivity index (χ1n) is 21.1. The molecule has 41 heteroatoms. The highest BCUT2D eigenvalue weighted by Crippen LogP contribution is 2.68. The van der Waals surface area contributed by atoms with Gasteiger partial charge >= 0.3 is 45.1 Å². The minimum absolute atomic E-state index is 0.00670. The molecular weight excluding hydrogens is 1090 g/mol. The smallest absolute Gasteiger partial charge is 0.387 e. The van der Waals surface area contributed by atoms with Crippen LogP contribution in [0.15, 0.2) is 45.6 Å². The number of methoxy groups -OCH3 is 2. The van der Waals surface area contributed by atoms with Gasteiger partial charge in [0.1, 0.15) is 54.6 Å². The number of nitrogens with zero attached hydrogens (tertiary/aromatic N) is 8. The van der Waals surface area contributed by atoms with Crippen molar-refractivity contribution in [3.05, 3.63) is 62.4 Å². The summed E-state index contributed by atoms with van der Waals surface area (Å²) in [6.07, 6.45) is -13.2. The molecule has 0 saturated carbocycles. The summed E-state index contributed by atoms with van der Waals surface area (Å²) in [5.41, 5.74) is 9.28. The molecule has 5 aromatic rings. The number of H-pyrrole nitrogens is 2. The molecule has 8 rings (SSSR count). The van der Waals surface area contributed by atoms with Crippen LogP contribution in [0.5, 0.6) is 0 Å². The van der Waals surface area contributed by atoms with E-state index in [0.717, 1.165) is 36.6 Å². The van der Waals surface area contributed by atoms with Crippen molar-refractivity contribution in [2.45, 2.75) is 67.5 Å². The molecule has 0 aromatic carbocycles. The maximum absolute atomic E-state index is 13.5. The molecule has 3 aliphatic rings. The van der Waals surface area contributed by atoms with Gasteiger partial charge in [-0.25, -0.2) is 42.2 Å². The molecule has 0 aliphatic carbocycles. The minimum Gasteiger partial charge on any atom is -0.387 e. The number of nitrogen functional groups attached to an aromatic ring is 2. The average molecular weight is 1130 g/mol. The standard InChI is InChI=1S/C33H46N13O24P3S/c1-43-12-46(27-19(43)28(51)42-32(35)41-27)29-20(48)13(7-61-2)15(66-29)8-63-71(53,54)69-73(57,58)70-72(55,56)64-9-16-23(24(62-3)31(67-16)45-11-38-18-25(34)36-10-37-26(18)45)68-74(59,60)39-6-14-21(49)22(50)30(65-14)44-5-4-17(47)40-33(44)52/h4-5,10-16,20-24,29-31,39,48-50H,6-9H2,1-3H3,(H8-,34,35,36,37,40,41,42,47,51,52,53,54,55,56,57,58)/p+1/t13-,14-,15-,16?,20-,21-,22-,23-,24-,29?,30-,31-/m1/s1. The second-order valence-corrected chi connectivity index (χ2v) is 22.4. The molecule has 408 valence electrons. The summed E-state index contributed by atoms with van der Waals surface area (Å²) in [6, 6.07) is 0.929. The topological polar surface area (TPSA) is 516 Å². The van der Waals surface area contributed by atoms with Gasteiger partial charge in [0.15, 0.2) is 30.2 Å². The molecule has 0 bridgehead atoms. The monoisotopic (exact) mass is 1130 g/mol. The van der Waals surface area contributed by atoms with Gasteiger partial charge < -0.3 is 65.2 Å². The molecule has 0 amide bonds. The zero-order chi connectivity index (χ0) is 53.8. The number of aliphatic hydroxyl groups excluding tert-OH is 3. The van der Waals surface area contributed by atoms with Gasteiger partial charge in [0.25, 0.3) is 17.1 Å². The fourth-order valence-electron chi connectivity index (χ4n) is 8.31. The Labute approximate surface area is 412 Å². The number of hydrogen-bond donors (Lipinski definition) is 11. The zero-order valence-corrected chi connectivity index (χ0v) is 41.7. The molecule has 3 aliphatic heterocycles. The number of phosphoric acid groups is 3. The molecule has 0 radical (unpaired) electrons. The Morgan fingerprint density at radius 3 is 2.18 bits per heavy atom. The molecule has 13 N–H and O–H groups in total. The van der Waals surface area contributed by atoms with E-state index in [-0.39, 0.29) is 40.7 Å². The highest BCUT2D eigenvalue weighted by atomic mass is 32.2. The van der Waals surface area contributed by atoms with Crippen LogP contribution in [0, 0.1) is 5.92 Å². The predicted octanol–water partition coefficient (Wildman–Crippen LogP) is -5.26. The number of nitrogens with two attached hydrogens (primary N) is 2. The minimum atomic E-state index is -6.18. The van der Waals surface area contributed by atoms with Crippen molar-refractivity contribution in [2.24, 2.45) is 13.0 Å². The molecule has 3 fully saturated rings. The van der Waals surface area contributed by atoms with Gasteiger partial charge in [0.05, 0.1) is 39.3 Å². The number of aromatic amines is 2. The third-order valence-corrected chi connectivity index (χ3v) is 16.8. The molecule has 5 unspecified atom stereocenters. The van der Waals surface area contributed by atoms with Gasteiger partial charge in [-0.2, -0.15) is 21.8 Å². The third-order valence-electron chi connectivity index (χ3n) is 11.5. The first-order chi connectivity index (χ1) is 34.7. The first kappa shape index (κ1) is 55.4. The number of aryl methyl sites for hydroxylation is 1. The Balaban J connectivity index is 0.940. The highest BCUT2D eigenvalue weighted by molar-refractivity contribution is 7.84. The second-order valence-electron chi connectivity index (χ2n) is 16.4. The van der Waals surface area contributed by atoms with E-state index in [9.17, 15) is 66.5 Å². The van der Waals surface area contributed by atoms with Gasteiger partial charge in [0, 0.05) is 38.9 Å². The van der Waals surface area contributed by atoms with Crippen molar-refractivity contribution in [3.8, 4) is 0 Å². The van der Waals surface area contributed by atoms with Crippen LogP contribution >= 0.6 is 23.5 Å². The van der Waals surface area contributed by atoms with Crippen molar-refractivity contribution in [1.82, 2.24) is 48.3 Å². The summed E-state index contributed by atoms with van der Waals surface area (Å²) in [6.45, 7) is -3.31. The molecule has 5 aromatic heterocycles. The van der Waals surface area contributed by atoms with Crippen LogP contribution < -0.4 is 37.6 Å². The summed E-state index contributed by atoms with van der Waals surface area (Å²) < 4.78 is 125. The summed E-state index contributed by atoms with van der Waals surface area (Å²) in [4.78, 5) is 88.4. The Hall–Kier alpha value is -4.86. The molecule has 3 saturated heterocycles. The van der Waals surface area contributed by atoms with E-state index >= 15 is 0 Å². The number of aromatic nitrogens is 10. The summed E-state index contributed by atoms with van der Waals surface area (Å²) in [7, 11) is -19.2. The number of phosphoric ester groups is 2. The molecule has 0 spiro atoms. The molecule has 8 heterocycles. The van der Waals surface area contributed by atoms with Crippen LogP contribution in [0.1, 0.15) is 18.7 Å². The molecular formula is C33H47N13O24P3S+. The molecule has 74 heavy (non-hydrogen) atoms. The lowest BCUT2D eigenvalue weighted by atomic mass is 9.99. The average Bonchev–Trinajstić information content (AvgIpc) is 4.10. The van der Waals surface area contributed by atoms with Gasteiger partial charge in [-0.05, 0) is 0 Å². The van der Waals surface area contributed by atoms with E-state index in [0.29, 0.717) is 0 Å². The van der Waals surface area contributed by atoms with Crippen LogP contribution in [0.25, 0.3) is 22.3 Å². The number of imidazole rings is 2. The molecule has 15 atom stereocenters. The zero-order valence-electron chi connectivity index (χ0n) is 38.2. The van der Waals surface area contributed by atoms with Crippen molar-refractivity contribution in [1.29, 1.82) is 0 Å². The Morgan fingerprint density at radius 2 is 1.51 bits per heavy atom.